The number of nitrogens with one attached hydrogen (secondary N) is 2. The van der Waals surface area contributed by atoms with Crippen LogP contribution in [0.15, 0.2) is 24.8 Å². The van der Waals surface area contributed by atoms with E-state index in [9.17, 15) is 19.2 Å². The van der Waals surface area contributed by atoms with Crippen LogP contribution in [-0.4, -0.2) is 62.6 Å². The van der Waals surface area contributed by atoms with Gasteiger partial charge in [-0.1, -0.05) is 32.4 Å². The minimum atomic E-state index is -0.683. The van der Waals surface area contributed by atoms with Crippen LogP contribution in [0.2, 0.25) is 0 Å². The zero-order valence-electron chi connectivity index (χ0n) is 17.3. The minimum Gasteiger partial charge on any atom is -0.459 e. The summed E-state index contributed by atoms with van der Waals surface area (Å²) in [5.74, 6) is -1.15. The van der Waals surface area contributed by atoms with Crippen molar-refractivity contribution in [2.45, 2.75) is 44.6 Å². The summed E-state index contributed by atoms with van der Waals surface area (Å²) in [5, 5.41) is 5.44. The second-order valence-electron chi connectivity index (χ2n) is 6.88. The van der Waals surface area contributed by atoms with Crippen LogP contribution in [-0.2, 0) is 28.5 Å². The highest BCUT2D eigenvalue weighted by molar-refractivity contribution is 5.86. The van der Waals surface area contributed by atoms with Gasteiger partial charge in [-0.15, -0.1) is 0 Å². The Labute approximate surface area is 175 Å². The van der Waals surface area contributed by atoms with Crippen molar-refractivity contribution >= 4 is 24.1 Å². The number of carbonyl (C=O) groups excluding carboxylic acids is 4. The molecule has 0 aromatic rings. The Morgan fingerprint density at radius 3 is 2.07 bits per heavy atom. The smallest absolute Gasteiger partial charge is 0.407 e. The van der Waals surface area contributed by atoms with Crippen molar-refractivity contribution in [2.24, 2.45) is 0 Å². The molecule has 0 aromatic heterocycles. The van der Waals surface area contributed by atoms with Crippen LogP contribution in [0, 0.1) is 0 Å². The minimum absolute atomic E-state index is 0.0776. The van der Waals surface area contributed by atoms with E-state index in [0.717, 1.165) is 25.3 Å². The molecule has 0 heterocycles. The molecular weight excluding hydrogens is 396 g/mol. The molecule has 1 saturated carbocycles. The number of hydrogen-bond acceptors (Lipinski definition) is 8. The molecule has 1 rings (SSSR count). The summed E-state index contributed by atoms with van der Waals surface area (Å²) < 4.78 is 19.6. The van der Waals surface area contributed by atoms with Crippen molar-refractivity contribution in [2.75, 3.05) is 33.0 Å². The molecule has 168 valence electrons. The zero-order valence-corrected chi connectivity index (χ0v) is 17.3. The van der Waals surface area contributed by atoms with Gasteiger partial charge in [0.25, 0.3) is 0 Å². The van der Waals surface area contributed by atoms with Gasteiger partial charge in [0.2, 0.25) is 0 Å². The van der Waals surface area contributed by atoms with Gasteiger partial charge in [-0.25, -0.2) is 19.2 Å². The van der Waals surface area contributed by atoms with E-state index < -0.39 is 29.7 Å². The third-order valence-corrected chi connectivity index (χ3v) is 4.37. The van der Waals surface area contributed by atoms with E-state index in [1.54, 1.807) is 0 Å². The SMILES string of the molecule is C=CC(=O)OCCOC(=O)NC1(CNC(=O)OCCOC(=O)C(=C)C)CCCCC1. The number of esters is 2. The van der Waals surface area contributed by atoms with Gasteiger partial charge in [0.1, 0.15) is 26.4 Å². The van der Waals surface area contributed by atoms with Crippen LogP contribution in [0.25, 0.3) is 0 Å². The molecular formula is C20H30N2O8. The summed E-state index contributed by atoms with van der Waals surface area (Å²) in [4.78, 5) is 46.2. The quantitative estimate of drug-likeness (QED) is 0.222. The highest BCUT2D eigenvalue weighted by Crippen LogP contribution is 2.27. The summed E-state index contributed by atoms with van der Waals surface area (Å²) in [5.41, 5.74) is -0.394. The maximum Gasteiger partial charge on any atom is 0.407 e. The van der Waals surface area contributed by atoms with Gasteiger partial charge < -0.3 is 29.6 Å². The van der Waals surface area contributed by atoms with Crippen LogP contribution < -0.4 is 10.6 Å². The van der Waals surface area contributed by atoms with Crippen molar-refractivity contribution in [3.63, 3.8) is 0 Å². The average Bonchev–Trinajstić information content (AvgIpc) is 2.73. The van der Waals surface area contributed by atoms with Gasteiger partial charge in [0.15, 0.2) is 0 Å². The maximum absolute atomic E-state index is 12.1. The fourth-order valence-corrected chi connectivity index (χ4v) is 2.85. The van der Waals surface area contributed by atoms with Crippen LogP contribution in [0.3, 0.4) is 0 Å². The molecule has 10 nitrogen and oxygen atoms in total. The Bertz CT molecular complexity index is 641. The van der Waals surface area contributed by atoms with Gasteiger partial charge >= 0.3 is 24.1 Å². The molecule has 10 heteroatoms. The Balaban J connectivity index is 2.39. The van der Waals surface area contributed by atoms with Crippen LogP contribution in [0.1, 0.15) is 39.0 Å². The van der Waals surface area contributed by atoms with Crippen molar-refractivity contribution in [1.82, 2.24) is 10.6 Å². The zero-order chi connectivity index (χ0) is 22.4. The Morgan fingerprint density at radius 1 is 0.900 bits per heavy atom. The number of carbonyl (C=O) groups is 4. The highest BCUT2D eigenvalue weighted by atomic mass is 16.6. The van der Waals surface area contributed by atoms with Gasteiger partial charge in [-0.3, -0.25) is 0 Å². The van der Waals surface area contributed by atoms with Crippen molar-refractivity contribution in [3.8, 4) is 0 Å². The van der Waals surface area contributed by atoms with E-state index in [1.165, 1.54) is 6.92 Å². The van der Waals surface area contributed by atoms with Gasteiger partial charge in [0.05, 0.1) is 5.54 Å². The molecule has 1 aliphatic carbocycles. The van der Waals surface area contributed by atoms with Crippen molar-refractivity contribution in [3.05, 3.63) is 24.8 Å². The lowest BCUT2D eigenvalue weighted by Crippen LogP contribution is -2.56. The number of alkyl carbamates (subject to hydrolysis) is 2. The first kappa shape index (κ1) is 25.0. The Kier molecular flexibility index (Phi) is 11.0. The number of rotatable bonds is 11. The first-order valence-electron chi connectivity index (χ1n) is 9.75. The van der Waals surface area contributed by atoms with E-state index in [0.29, 0.717) is 12.8 Å². The maximum atomic E-state index is 12.1. The molecule has 0 atom stereocenters. The third kappa shape index (κ3) is 9.94. The molecule has 30 heavy (non-hydrogen) atoms. The number of hydrogen-bond donors (Lipinski definition) is 2. The molecule has 2 N–H and O–H groups in total. The van der Waals surface area contributed by atoms with E-state index >= 15 is 0 Å². The molecule has 0 unspecified atom stereocenters. The monoisotopic (exact) mass is 426 g/mol. The van der Waals surface area contributed by atoms with Gasteiger partial charge in [0, 0.05) is 18.2 Å². The number of ether oxygens (including phenoxy) is 4. The van der Waals surface area contributed by atoms with Gasteiger partial charge in [-0.2, -0.15) is 0 Å². The largest absolute Gasteiger partial charge is 0.459 e. The van der Waals surface area contributed by atoms with Gasteiger partial charge in [-0.05, 0) is 19.8 Å². The second kappa shape index (κ2) is 13.2. The normalized spacial score (nSPS) is 14.6. The lowest BCUT2D eigenvalue weighted by atomic mass is 9.81. The molecule has 0 radical (unpaired) electrons. The van der Waals surface area contributed by atoms with Crippen LogP contribution >= 0.6 is 0 Å². The summed E-state index contributed by atoms with van der Waals surface area (Å²) in [6.45, 7) is 8.05. The molecule has 0 saturated heterocycles. The summed E-state index contributed by atoms with van der Waals surface area (Å²) in [6, 6.07) is 0. The third-order valence-electron chi connectivity index (χ3n) is 4.37. The molecule has 0 aromatic carbocycles. The van der Waals surface area contributed by atoms with E-state index in [2.05, 4.69) is 23.8 Å². The molecule has 0 aliphatic heterocycles. The Morgan fingerprint density at radius 2 is 1.47 bits per heavy atom. The topological polar surface area (TPSA) is 129 Å². The fraction of sp³-hybridized carbons (Fsp3) is 0.600. The molecule has 2 amide bonds. The van der Waals surface area contributed by atoms with Crippen LogP contribution in [0.4, 0.5) is 9.59 Å². The first-order chi connectivity index (χ1) is 14.3. The lowest BCUT2D eigenvalue weighted by molar-refractivity contribution is -0.140. The fourth-order valence-electron chi connectivity index (χ4n) is 2.85. The standard InChI is InChI=1S/C20H30N2O8/c1-4-16(23)27-10-12-30-19(26)22-20(8-6-5-7-9-20)14-21-18(25)29-13-11-28-17(24)15(2)3/h4H,1-2,5-14H2,3H3,(H,21,25)(H,22,26). The summed E-state index contributed by atoms with van der Waals surface area (Å²) in [6.07, 6.45) is 3.84. The average molecular weight is 426 g/mol. The first-order valence-corrected chi connectivity index (χ1v) is 9.75. The Hall–Kier alpha value is -3.04. The second-order valence-corrected chi connectivity index (χ2v) is 6.88. The lowest BCUT2D eigenvalue weighted by Gasteiger charge is -2.37. The van der Waals surface area contributed by atoms with Crippen LogP contribution in [0.5, 0.6) is 0 Å². The predicted octanol–water partition coefficient (Wildman–Crippen LogP) is 1.99. The summed E-state index contributed by atoms with van der Waals surface area (Å²) >= 11 is 0. The van der Waals surface area contributed by atoms with E-state index in [4.69, 9.17) is 18.9 Å². The highest BCUT2D eigenvalue weighted by Gasteiger charge is 2.34. The summed E-state index contributed by atoms with van der Waals surface area (Å²) in [7, 11) is 0. The van der Waals surface area contributed by atoms with E-state index in [-0.39, 0.29) is 38.5 Å². The molecule has 1 aliphatic rings. The molecule has 0 spiro atoms. The van der Waals surface area contributed by atoms with E-state index in [1.807, 2.05) is 0 Å². The molecule has 1 fully saturated rings. The number of amides is 2. The van der Waals surface area contributed by atoms with Crippen molar-refractivity contribution < 1.29 is 38.1 Å². The predicted molar refractivity (Wildman–Crippen MR) is 107 cm³/mol. The van der Waals surface area contributed by atoms with Crippen molar-refractivity contribution in [1.29, 1.82) is 0 Å². The molecule has 0 bridgehead atoms.